The van der Waals surface area contributed by atoms with Gasteiger partial charge in [0.25, 0.3) is 0 Å². The molecule has 16 heavy (non-hydrogen) atoms. The van der Waals surface area contributed by atoms with Crippen LogP contribution in [0, 0.1) is 0 Å². The van der Waals surface area contributed by atoms with Crippen LogP contribution in [-0.4, -0.2) is 17.2 Å². The van der Waals surface area contributed by atoms with E-state index in [4.69, 9.17) is 4.74 Å². The Kier molecular flexibility index (Phi) is 5.04. The van der Waals surface area contributed by atoms with Gasteiger partial charge in [0.2, 0.25) is 0 Å². The highest BCUT2D eigenvalue weighted by molar-refractivity contribution is 5.68. The van der Waals surface area contributed by atoms with Gasteiger partial charge >= 0.3 is 6.09 Å². The van der Waals surface area contributed by atoms with E-state index in [0.29, 0.717) is 0 Å². The number of hydrogen-bond donors (Lipinski definition) is 1. The van der Waals surface area contributed by atoms with Crippen LogP contribution in [0.2, 0.25) is 0 Å². The van der Waals surface area contributed by atoms with Crippen LogP contribution < -0.4 is 5.32 Å². The van der Waals surface area contributed by atoms with Crippen LogP contribution in [0.15, 0.2) is 11.6 Å². The first-order chi connectivity index (χ1) is 7.06. The Labute approximate surface area is 99.3 Å². The van der Waals surface area contributed by atoms with E-state index in [-0.39, 0.29) is 11.6 Å². The first-order valence-corrected chi connectivity index (χ1v) is 5.69. The van der Waals surface area contributed by atoms with E-state index < -0.39 is 5.60 Å². The Hall–Kier alpha value is -0.990. The van der Waals surface area contributed by atoms with E-state index in [1.807, 2.05) is 41.5 Å². The van der Waals surface area contributed by atoms with Crippen molar-refractivity contribution in [2.75, 3.05) is 0 Å². The summed E-state index contributed by atoms with van der Waals surface area (Å²) in [6, 6.07) is 0. The van der Waals surface area contributed by atoms with Gasteiger partial charge in [-0.25, -0.2) is 4.79 Å². The second-order valence-electron chi connectivity index (χ2n) is 5.82. The maximum Gasteiger partial charge on any atom is 0.408 e. The molecule has 3 heteroatoms. The standard InChI is InChI=1S/C13H25NO2/c1-8-10(2)9-13(6,7)14-11(15)16-12(3,4)5/h8H,9H2,1-7H3,(H,14,15)/b10-8+. The van der Waals surface area contributed by atoms with E-state index in [1.54, 1.807) is 0 Å². The minimum absolute atomic E-state index is 0.279. The van der Waals surface area contributed by atoms with Gasteiger partial charge in [0.05, 0.1) is 0 Å². The van der Waals surface area contributed by atoms with Gasteiger partial charge in [0, 0.05) is 5.54 Å². The lowest BCUT2D eigenvalue weighted by Crippen LogP contribution is -2.45. The van der Waals surface area contributed by atoms with Crippen molar-refractivity contribution in [2.45, 2.75) is 66.0 Å². The second-order valence-corrected chi connectivity index (χ2v) is 5.82. The normalized spacial score (nSPS) is 13.6. The Balaban J connectivity index is 4.31. The van der Waals surface area contributed by atoms with E-state index in [2.05, 4.69) is 18.3 Å². The average Bonchev–Trinajstić information content (AvgIpc) is 1.97. The van der Waals surface area contributed by atoms with Crippen molar-refractivity contribution >= 4 is 6.09 Å². The van der Waals surface area contributed by atoms with Crippen molar-refractivity contribution in [2.24, 2.45) is 0 Å². The molecule has 0 aliphatic carbocycles. The molecule has 1 amide bonds. The lowest BCUT2D eigenvalue weighted by Gasteiger charge is -2.29. The summed E-state index contributed by atoms with van der Waals surface area (Å²) < 4.78 is 5.22. The van der Waals surface area contributed by atoms with Gasteiger partial charge in [0.15, 0.2) is 0 Å². The Morgan fingerprint density at radius 2 is 1.75 bits per heavy atom. The van der Waals surface area contributed by atoms with Crippen LogP contribution >= 0.6 is 0 Å². The van der Waals surface area contributed by atoms with Crippen molar-refractivity contribution in [1.82, 2.24) is 5.32 Å². The molecule has 0 rings (SSSR count). The molecule has 0 aliphatic rings. The maximum absolute atomic E-state index is 11.6. The van der Waals surface area contributed by atoms with Crippen molar-refractivity contribution < 1.29 is 9.53 Å². The summed E-state index contributed by atoms with van der Waals surface area (Å²) in [4.78, 5) is 11.6. The summed E-state index contributed by atoms with van der Waals surface area (Å²) >= 11 is 0. The van der Waals surface area contributed by atoms with Crippen LogP contribution in [0.1, 0.15) is 54.9 Å². The highest BCUT2D eigenvalue weighted by atomic mass is 16.6. The molecule has 0 aromatic carbocycles. The van der Waals surface area contributed by atoms with Crippen LogP contribution in [0.3, 0.4) is 0 Å². The fourth-order valence-corrected chi connectivity index (χ4v) is 1.42. The van der Waals surface area contributed by atoms with E-state index >= 15 is 0 Å². The summed E-state index contributed by atoms with van der Waals surface area (Å²) in [5.74, 6) is 0. The Morgan fingerprint density at radius 3 is 2.12 bits per heavy atom. The third kappa shape index (κ3) is 7.32. The van der Waals surface area contributed by atoms with Crippen LogP contribution in [0.4, 0.5) is 4.79 Å². The summed E-state index contributed by atoms with van der Waals surface area (Å²) in [6.45, 7) is 13.6. The van der Waals surface area contributed by atoms with Crippen molar-refractivity contribution in [3.63, 3.8) is 0 Å². The Morgan fingerprint density at radius 1 is 1.25 bits per heavy atom. The van der Waals surface area contributed by atoms with Gasteiger partial charge in [0.1, 0.15) is 5.60 Å². The lowest BCUT2D eigenvalue weighted by atomic mass is 9.96. The van der Waals surface area contributed by atoms with Gasteiger partial charge < -0.3 is 10.1 Å². The van der Waals surface area contributed by atoms with Gasteiger partial charge in [-0.2, -0.15) is 0 Å². The van der Waals surface area contributed by atoms with Crippen molar-refractivity contribution in [3.8, 4) is 0 Å². The largest absolute Gasteiger partial charge is 0.444 e. The molecule has 0 saturated carbocycles. The van der Waals surface area contributed by atoms with Crippen molar-refractivity contribution in [3.05, 3.63) is 11.6 Å². The van der Waals surface area contributed by atoms with E-state index in [0.717, 1.165) is 6.42 Å². The fourth-order valence-electron chi connectivity index (χ4n) is 1.42. The summed E-state index contributed by atoms with van der Waals surface area (Å²) in [6.07, 6.45) is 2.52. The zero-order valence-electron chi connectivity index (χ0n) is 11.6. The molecule has 0 aromatic rings. The van der Waals surface area contributed by atoms with Gasteiger partial charge in [-0.1, -0.05) is 11.6 Å². The molecule has 3 nitrogen and oxygen atoms in total. The zero-order chi connectivity index (χ0) is 13.0. The van der Waals surface area contributed by atoms with E-state index in [1.165, 1.54) is 5.57 Å². The predicted molar refractivity (Wildman–Crippen MR) is 67.5 cm³/mol. The fraction of sp³-hybridized carbons (Fsp3) is 0.769. The minimum atomic E-state index is -0.449. The molecule has 0 fully saturated rings. The molecule has 0 heterocycles. The molecule has 0 aliphatic heterocycles. The van der Waals surface area contributed by atoms with Crippen LogP contribution in [0.5, 0.6) is 0 Å². The predicted octanol–water partition coefficient (Wildman–Crippen LogP) is 3.65. The Bertz CT molecular complexity index is 272. The molecular formula is C13H25NO2. The maximum atomic E-state index is 11.6. The molecule has 0 bridgehead atoms. The molecule has 0 aromatic heterocycles. The summed E-state index contributed by atoms with van der Waals surface area (Å²) in [5, 5.41) is 2.88. The first kappa shape index (κ1) is 15.0. The molecule has 1 N–H and O–H groups in total. The number of hydrogen-bond acceptors (Lipinski definition) is 2. The molecule has 0 radical (unpaired) electrons. The van der Waals surface area contributed by atoms with Gasteiger partial charge in [-0.15, -0.1) is 0 Å². The second kappa shape index (κ2) is 5.37. The number of carbonyl (C=O) groups excluding carboxylic acids is 1. The number of alkyl carbamates (subject to hydrolysis) is 1. The summed E-state index contributed by atoms with van der Waals surface area (Å²) in [7, 11) is 0. The van der Waals surface area contributed by atoms with Crippen LogP contribution in [-0.2, 0) is 4.74 Å². The molecule has 94 valence electrons. The SMILES string of the molecule is C/C=C(\C)CC(C)(C)NC(=O)OC(C)(C)C. The highest BCUT2D eigenvalue weighted by Crippen LogP contribution is 2.16. The number of rotatable bonds is 3. The molecule has 0 saturated heterocycles. The number of carbonyl (C=O) groups is 1. The molecule has 0 atom stereocenters. The molecule has 0 spiro atoms. The lowest BCUT2D eigenvalue weighted by molar-refractivity contribution is 0.0472. The smallest absolute Gasteiger partial charge is 0.408 e. The van der Waals surface area contributed by atoms with Crippen LogP contribution in [0.25, 0.3) is 0 Å². The van der Waals surface area contributed by atoms with Gasteiger partial charge in [-0.05, 0) is 54.9 Å². The quantitative estimate of drug-likeness (QED) is 0.747. The number of amides is 1. The number of allylic oxidation sites excluding steroid dienone is 1. The molecular weight excluding hydrogens is 202 g/mol. The van der Waals surface area contributed by atoms with Crippen molar-refractivity contribution in [1.29, 1.82) is 0 Å². The molecule has 0 unspecified atom stereocenters. The topological polar surface area (TPSA) is 38.3 Å². The number of nitrogens with one attached hydrogen (secondary N) is 1. The average molecular weight is 227 g/mol. The zero-order valence-corrected chi connectivity index (χ0v) is 11.6. The highest BCUT2D eigenvalue weighted by Gasteiger charge is 2.24. The van der Waals surface area contributed by atoms with E-state index in [9.17, 15) is 4.79 Å². The third-order valence-electron chi connectivity index (χ3n) is 2.05. The monoisotopic (exact) mass is 227 g/mol. The third-order valence-corrected chi connectivity index (χ3v) is 2.05. The first-order valence-electron chi connectivity index (χ1n) is 5.69. The minimum Gasteiger partial charge on any atom is -0.444 e. The van der Waals surface area contributed by atoms with Gasteiger partial charge in [-0.3, -0.25) is 0 Å². The summed E-state index contributed by atoms with van der Waals surface area (Å²) in [5.41, 5.74) is 0.524. The number of ether oxygens (including phenoxy) is 1.